The Morgan fingerprint density at radius 1 is 0.919 bits per heavy atom. The fourth-order valence-electron chi connectivity index (χ4n) is 5.93. The minimum Gasteiger partial charge on any atom is -0.478 e. The summed E-state index contributed by atoms with van der Waals surface area (Å²) >= 11 is 5.73. The first-order valence-electron chi connectivity index (χ1n) is 13.4. The van der Waals surface area contributed by atoms with E-state index < -0.39 is 18.0 Å². The number of carbonyl (C=O) groups excluding carboxylic acids is 1. The fourth-order valence-corrected chi connectivity index (χ4v) is 6.09. The van der Waals surface area contributed by atoms with Crippen molar-refractivity contribution in [2.75, 3.05) is 39.6 Å². The summed E-state index contributed by atoms with van der Waals surface area (Å²) in [6.07, 6.45) is 16.4. The lowest BCUT2D eigenvalue weighted by molar-refractivity contribution is -0.134. The van der Waals surface area contributed by atoms with Crippen LogP contribution in [0, 0.1) is 22.2 Å². The van der Waals surface area contributed by atoms with Gasteiger partial charge in [-0.15, -0.1) is 16.5 Å². The van der Waals surface area contributed by atoms with E-state index in [1.807, 2.05) is 0 Å². The lowest BCUT2D eigenvalue weighted by Crippen LogP contribution is -2.51. The number of alkyl halides is 1. The molecule has 11 heteroatoms. The van der Waals surface area contributed by atoms with Crippen LogP contribution in [0.1, 0.15) is 77.0 Å². The molecule has 0 aromatic heterocycles. The molecular formula is C26H45ClN4O6. The van der Waals surface area contributed by atoms with Crippen molar-refractivity contribution in [1.82, 2.24) is 15.2 Å². The molecule has 0 aromatic carbocycles. The summed E-state index contributed by atoms with van der Waals surface area (Å²) in [6.45, 7) is 1.88. The van der Waals surface area contributed by atoms with Gasteiger partial charge in [0.15, 0.2) is 0 Å². The number of nitrogens with zero attached hydrogens (tertiary/aromatic N) is 3. The van der Waals surface area contributed by atoms with Crippen molar-refractivity contribution < 1.29 is 24.6 Å². The molecular weight excluding hydrogens is 500 g/mol. The van der Waals surface area contributed by atoms with Gasteiger partial charge >= 0.3 is 18.0 Å². The number of carboxylic acids is 2. The number of carbonyl (C=O) groups is 3. The van der Waals surface area contributed by atoms with Crippen LogP contribution in [0.15, 0.2) is 17.4 Å². The summed E-state index contributed by atoms with van der Waals surface area (Å²) < 4.78 is 0. The van der Waals surface area contributed by atoms with Crippen LogP contribution in [-0.2, 0) is 9.59 Å². The number of nitrogens with one attached hydrogen (secondary N) is 1. The smallest absolute Gasteiger partial charge is 0.340 e. The lowest BCUT2D eigenvalue weighted by Gasteiger charge is -2.50. The summed E-state index contributed by atoms with van der Waals surface area (Å²) in [6, 6.07) is -0.399. The van der Waals surface area contributed by atoms with Gasteiger partial charge in [-0.1, -0.05) is 38.5 Å². The van der Waals surface area contributed by atoms with E-state index in [0.29, 0.717) is 30.5 Å². The van der Waals surface area contributed by atoms with Gasteiger partial charge < -0.3 is 20.4 Å². The van der Waals surface area contributed by atoms with E-state index in [2.05, 4.69) is 29.6 Å². The number of hydrogen-bond acceptors (Lipinski definition) is 6. The topological polar surface area (TPSA) is 140 Å². The maximum atomic E-state index is 12.6. The van der Waals surface area contributed by atoms with Crippen molar-refractivity contribution in [3.63, 3.8) is 0 Å². The Morgan fingerprint density at radius 2 is 1.41 bits per heavy atom. The molecule has 2 rings (SSSR count). The van der Waals surface area contributed by atoms with Crippen LogP contribution in [0.5, 0.6) is 0 Å². The molecule has 2 aliphatic rings. The molecule has 2 fully saturated rings. The minimum absolute atomic E-state index is 0.127. The minimum atomic E-state index is -1.26. The molecule has 0 unspecified atom stereocenters. The zero-order valence-electron chi connectivity index (χ0n) is 22.4. The molecule has 3 N–H and O–H groups in total. The van der Waals surface area contributed by atoms with Crippen molar-refractivity contribution in [2.45, 2.75) is 77.0 Å². The molecule has 0 saturated heterocycles. The first-order valence-corrected chi connectivity index (χ1v) is 13.9. The van der Waals surface area contributed by atoms with Gasteiger partial charge in [0.1, 0.15) is 0 Å². The molecule has 10 nitrogen and oxygen atoms in total. The average molecular weight is 545 g/mol. The number of amides is 2. The second kappa shape index (κ2) is 18.1. The van der Waals surface area contributed by atoms with Crippen LogP contribution < -0.4 is 5.32 Å². The molecule has 0 heterocycles. The van der Waals surface area contributed by atoms with Gasteiger partial charge in [0.05, 0.1) is 11.8 Å². The predicted molar refractivity (Wildman–Crippen MR) is 144 cm³/mol. The Bertz CT molecular complexity index is 703. The summed E-state index contributed by atoms with van der Waals surface area (Å²) in [5.74, 6) is -0.988. The van der Waals surface area contributed by atoms with Gasteiger partial charge in [-0.25, -0.2) is 14.4 Å². The van der Waals surface area contributed by atoms with E-state index in [9.17, 15) is 19.3 Å². The summed E-state index contributed by atoms with van der Waals surface area (Å²) in [5.41, 5.74) is 0.127. The molecule has 212 valence electrons. The molecule has 0 aromatic rings. The van der Waals surface area contributed by atoms with Gasteiger partial charge in [-0.3, -0.25) is 0 Å². The average Bonchev–Trinajstić information content (AvgIpc) is 2.89. The van der Waals surface area contributed by atoms with E-state index in [1.54, 1.807) is 0 Å². The third kappa shape index (κ3) is 12.3. The quantitative estimate of drug-likeness (QED) is 0.126. The Labute approximate surface area is 225 Å². The highest BCUT2D eigenvalue weighted by atomic mass is 35.5. The second-order valence-electron chi connectivity index (χ2n) is 10.4. The maximum Gasteiger partial charge on any atom is 0.340 e. The Morgan fingerprint density at radius 3 is 1.78 bits per heavy atom. The summed E-state index contributed by atoms with van der Waals surface area (Å²) in [5, 5.41) is 22.5. The highest BCUT2D eigenvalue weighted by Gasteiger charge is 2.45. The number of hydrogen-bond donors (Lipinski definition) is 3. The van der Waals surface area contributed by atoms with Crippen LogP contribution in [0.3, 0.4) is 0 Å². The van der Waals surface area contributed by atoms with E-state index in [4.69, 9.17) is 21.8 Å². The van der Waals surface area contributed by atoms with Crippen molar-refractivity contribution in [3.05, 3.63) is 17.1 Å². The number of halogens is 1. The van der Waals surface area contributed by atoms with Crippen molar-refractivity contribution >= 4 is 29.6 Å². The van der Waals surface area contributed by atoms with Crippen molar-refractivity contribution in [3.8, 4) is 0 Å². The van der Waals surface area contributed by atoms with E-state index >= 15 is 0 Å². The number of carboxylic acid groups (broad SMARTS) is 2. The summed E-state index contributed by atoms with van der Waals surface area (Å²) in [7, 11) is 4.26. The number of nitroso groups, excluding NO2 is 1. The monoisotopic (exact) mass is 544 g/mol. The molecule has 0 atom stereocenters. The molecule has 2 amide bonds. The first-order chi connectivity index (χ1) is 17.7. The van der Waals surface area contributed by atoms with Crippen LogP contribution in [0.4, 0.5) is 4.79 Å². The third-order valence-corrected chi connectivity index (χ3v) is 7.82. The highest BCUT2D eigenvalue weighted by molar-refractivity contribution is 6.18. The van der Waals surface area contributed by atoms with Gasteiger partial charge in [0, 0.05) is 24.6 Å². The summed E-state index contributed by atoms with van der Waals surface area (Å²) in [4.78, 5) is 45.0. The third-order valence-electron chi connectivity index (χ3n) is 7.65. The molecule has 0 bridgehead atoms. The Hall–Kier alpha value is -2.20. The SMILES string of the molecule is CN(C)CCCC(CNC(=O)N(CCCl)N=O)(C1CCCCC1)C1CCCCC1.O=C(O)/C=C\C(=O)O. The molecule has 37 heavy (non-hydrogen) atoms. The second-order valence-corrected chi connectivity index (χ2v) is 10.8. The number of urea groups is 1. The van der Waals surface area contributed by atoms with Crippen LogP contribution in [-0.4, -0.2) is 77.7 Å². The van der Waals surface area contributed by atoms with E-state index in [1.165, 1.54) is 64.2 Å². The largest absolute Gasteiger partial charge is 0.478 e. The fraction of sp³-hybridized carbons (Fsp3) is 0.808. The molecule has 2 saturated carbocycles. The van der Waals surface area contributed by atoms with Gasteiger partial charge in [0.2, 0.25) is 0 Å². The van der Waals surface area contributed by atoms with Gasteiger partial charge in [0.25, 0.3) is 0 Å². The highest BCUT2D eigenvalue weighted by Crippen LogP contribution is 2.51. The molecule has 2 aliphatic carbocycles. The van der Waals surface area contributed by atoms with Gasteiger partial charge in [-0.05, 0) is 76.4 Å². The molecule has 0 radical (unpaired) electrons. The van der Waals surface area contributed by atoms with Crippen LogP contribution in [0.2, 0.25) is 0 Å². The first kappa shape index (κ1) is 32.8. The number of aliphatic carboxylic acids is 2. The van der Waals surface area contributed by atoms with Crippen molar-refractivity contribution in [1.29, 1.82) is 0 Å². The Balaban J connectivity index is 0.000000738. The van der Waals surface area contributed by atoms with Crippen molar-refractivity contribution in [2.24, 2.45) is 22.5 Å². The molecule has 0 aliphatic heterocycles. The zero-order valence-corrected chi connectivity index (χ0v) is 23.1. The van der Waals surface area contributed by atoms with Crippen LogP contribution in [0.25, 0.3) is 0 Å². The van der Waals surface area contributed by atoms with Crippen LogP contribution >= 0.6 is 11.6 Å². The predicted octanol–water partition coefficient (Wildman–Crippen LogP) is 5.12. The Kier molecular flexibility index (Phi) is 16.1. The lowest BCUT2D eigenvalue weighted by atomic mass is 9.57. The number of rotatable bonds is 13. The normalized spacial score (nSPS) is 17.2. The standard InChI is InChI=1S/C22H41ClN4O2.C4H4O4/c1-26(2)16-9-14-22(19-10-5-3-6-11-19,20-12-7-4-8-13-20)18-24-21(28)27(25-29)17-15-23;5-3(6)1-2-4(7)8/h19-20H,3-18H2,1-2H3,(H,24,28);1-2H,(H,5,6)(H,7,8)/b;2-1-. The zero-order chi connectivity index (χ0) is 27.7. The van der Waals surface area contributed by atoms with Gasteiger partial charge in [-0.2, -0.15) is 5.01 Å². The molecule has 0 spiro atoms. The van der Waals surface area contributed by atoms with E-state index in [0.717, 1.165) is 24.4 Å². The van der Waals surface area contributed by atoms with E-state index in [-0.39, 0.29) is 17.8 Å². The maximum absolute atomic E-state index is 12.6.